The number of fused-ring (bicyclic) bond motifs is 2. The fourth-order valence-corrected chi connectivity index (χ4v) is 3.63. The average Bonchev–Trinajstić information content (AvgIpc) is 3.13. The first-order valence-corrected chi connectivity index (χ1v) is 8.31. The van der Waals surface area contributed by atoms with Crippen molar-refractivity contribution < 1.29 is 0 Å². The molecule has 3 aromatic carbocycles. The first kappa shape index (κ1) is 13.8. The van der Waals surface area contributed by atoms with E-state index in [0.717, 1.165) is 10.4 Å². The van der Waals surface area contributed by atoms with Crippen LogP contribution in [0.3, 0.4) is 0 Å². The van der Waals surface area contributed by atoms with Crippen LogP contribution in [0.4, 0.5) is 0 Å². The van der Waals surface area contributed by atoms with Crippen molar-refractivity contribution in [2.75, 3.05) is 0 Å². The fourth-order valence-electron chi connectivity index (χ4n) is 2.94. The third-order valence-corrected chi connectivity index (χ3v) is 4.91. The van der Waals surface area contributed by atoms with Gasteiger partial charge in [0.2, 0.25) is 0 Å². The predicted octanol–water partition coefficient (Wildman–Crippen LogP) is 6.12. The van der Waals surface area contributed by atoms with Crippen LogP contribution in [0, 0.1) is 11.3 Å². The van der Waals surface area contributed by atoms with Gasteiger partial charge >= 0.3 is 0 Å². The number of thiophene rings is 1. The number of nitriles is 1. The van der Waals surface area contributed by atoms with Crippen LogP contribution in [0.15, 0.2) is 72.1 Å². The molecule has 0 N–H and O–H groups in total. The van der Waals surface area contributed by atoms with Gasteiger partial charge in [-0.3, -0.25) is 0 Å². The molecule has 0 aliphatic carbocycles. The van der Waals surface area contributed by atoms with Gasteiger partial charge in [0.15, 0.2) is 0 Å². The maximum Gasteiger partial charge on any atom is 0.101 e. The van der Waals surface area contributed by atoms with Gasteiger partial charge < -0.3 is 0 Å². The summed E-state index contributed by atoms with van der Waals surface area (Å²) < 4.78 is 0. The van der Waals surface area contributed by atoms with Crippen molar-refractivity contribution in [2.45, 2.75) is 0 Å². The molecule has 0 atom stereocenters. The minimum Gasteiger partial charge on any atom is -0.192 e. The molecule has 0 saturated carbocycles. The molecule has 1 heterocycles. The van der Waals surface area contributed by atoms with E-state index >= 15 is 0 Å². The maximum atomic E-state index is 9.59. The molecule has 0 aliphatic rings. The lowest BCUT2D eigenvalue weighted by atomic mass is 9.95. The molecule has 0 spiro atoms. The van der Waals surface area contributed by atoms with Crippen molar-refractivity contribution in [1.82, 2.24) is 0 Å². The van der Waals surface area contributed by atoms with Crippen molar-refractivity contribution in [3.63, 3.8) is 0 Å². The molecule has 0 saturated heterocycles. The lowest BCUT2D eigenvalue weighted by Crippen LogP contribution is -1.85. The van der Waals surface area contributed by atoms with Crippen LogP contribution >= 0.6 is 11.3 Å². The van der Waals surface area contributed by atoms with Gasteiger partial charge in [0.05, 0.1) is 5.57 Å². The van der Waals surface area contributed by atoms with E-state index < -0.39 is 0 Å². The molecule has 2 heteroatoms. The maximum absolute atomic E-state index is 9.59. The van der Waals surface area contributed by atoms with Crippen LogP contribution in [0.1, 0.15) is 10.4 Å². The van der Waals surface area contributed by atoms with Crippen molar-refractivity contribution in [3.8, 4) is 6.07 Å². The summed E-state index contributed by atoms with van der Waals surface area (Å²) in [6, 6.07) is 25.2. The summed E-state index contributed by atoms with van der Waals surface area (Å²) in [6.07, 6.45) is 2.02. The highest BCUT2D eigenvalue weighted by atomic mass is 32.1. The number of nitrogens with zero attached hydrogens (tertiary/aromatic N) is 1. The second kappa shape index (κ2) is 5.72. The molecule has 4 aromatic rings. The van der Waals surface area contributed by atoms with Crippen LogP contribution in [0.5, 0.6) is 0 Å². The number of allylic oxidation sites excluding steroid dienone is 1. The van der Waals surface area contributed by atoms with Gasteiger partial charge in [0.25, 0.3) is 0 Å². The van der Waals surface area contributed by atoms with Crippen LogP contribution in [0.25, 0.3) is 33.2 Å². The van der Waals surface area contributed by atoms with Crippen LogP contribution in [0.2, 0.25) is 0 Å². The predicted molar refractivity (Wildman–Crippen MR) is 99.3 cm³/mol. The topological polar surface area (TPSA) is 23.8 Å². The number of rotatable bonds is 2. The Kier molecular flexibility index (Phi) is 3.42. The lowest BCUT2D eigenvalue weighted by molar-refractivity contribution is 1.54. The molecule has 4 rings (SSSR count). The summed E-state index contributed by atoms with van der Waals surface area (Å²) in [5.41, 5.74) is 1.82. The average molecular weight is 311 g/mol. The molecule has 108 valence electrons. The summed E-state index contributed by atoms with van der Waals surface area (Å²) in [7, 11) is 0. The van der Waals surface area contributed by atoms with E-state index in [1.54, 1.807) is 11.3 Å². The zero-order chi connectivity index (χ0) is 15.6. The number of hydrogen-bond donors (Lipinski definition) is 0. The SMILES string of the molecule is N#C/C(=C\c1c2ccccc2cc2ccccc12)c1cccs1. The lowest BCUT2D eigenvalue weighted by Gasteiger charge is -2.09. The molecular weight excluding hydrogens is 298 g/mol. The fraction of sp³-hybridized carbons (Fsp3) is 0. The van der Waals surface area contributed by atoms with Gasteiger partial charge in [-0.25, -0.2) is 0 Å². The Morgan fingerprint density at radius 2 is 1.52 bits per heavy atom. The highest BCUT2D eigenvalue weighted by Crippen LogP contribution is 2.32. The summed E-state index contributed by atoms with van der Waals surface area (Å²) in [5.74, 6) is 0. The summed E-state index contributed by atoms with van der Waals surface area (Å²) in [6.45, 7) is 0. The zero-order valence-corrected chi connectivity index (χ0v) is 13.2. The molecule has 0 bridgehead atoms. The minimum atomic E-state index is 0.710. The minimum absolute atomic E-state index is 0.710. The van der Waals surface area contributed by atoms with E-state index in [0.29, 0.717) is 5.57 Å². The molecule has 0 aliphatic heterocycles. The van der Waals surface area contributed by atoms with Gasteiger partial charge in [-0.15, -0.1) is 11.3 Å². The van der Waals surface area contributed by atoms with Gasteiger partial charge in [-0.2, -0.15) is 5.26 Å². The van der Waals surface area contributed by atoms with Crippen molar-refractivity contribution >= 4 is 44.5 Å². The molecule has 0 fully saturated rings. The second-order valence-corrected chi connectivity index (χ2v) is 6.33. The first-order chi connectivity index (χ1) is 11.4. The van der Waals surface area contributed by atoms with Crippen molar-refractivity contribution in [3.05, 3.63) is 82.6 Å². The highest BCUT2D eigenvalue weighted by Gasteiger charge is 2.08. The molecule has 0 unspecified atom stereocenters. The Morgan fingerprint density at radius 1 is 0.870 bits per heavy atom. The molecular formula is C21H13NS. The number of benzene rings is 3. The van der Waals surface area contributed by atoms with E-state index in [-0.39, 0.29) is 0 Å². The van der Waals surface area contributed by atoms with E-state index in [1.807, 2.05) is 35.7 Å². The van der Waals surface area contributed by atoms with Gasteiger partial charge in [0, 0.05) is 4.88 Å². The highest BCUT2D eigenvalue weighted by molar-refractivity contribution is 7.11. The Balaban J connectivity index is 2.09. The summed E-state index contributed by atoms with van der Waals surface area (Å²) >= 11 is 1.59. The first-order valence-electron chi connectivity index (χ1n) is 7.43. The van der Waals surface area contributed by atoms with Gasteiger partial charge in [-0.05, 0) is 50.7 Å². The van der Waals surface area contributed by atoms with E-state index in [1.165, 1.54) is 21.5 Å². The Bertz CT molecular complexity index is 1010. The molecule has 0 amide bonds. The molecule has 23 heavy (non-hydrogen) atoms. The Hall–Kier alpha value is -2.89. The van der Waals surface area contributed by atoms with E-state index in [2.05, 4.69) is 48.5 Å². The van der Waals surface area contributed by atoms with Crippen LogP contribution in [-0.4, -0.2) is 0 Å². The molecule has 1 nitrogen and oxygen atoms in total. The van der Waals surface area contributed by atoms with Crippen molar-refractivity contribution in [2.24, 2.45) is 0 Å². The second-order valence-electron chi connectivity index (χ2n) is 5.38. The molecule has 0 radical (unpaired) electrons. The van der Waals surface area contributed by atoms with Gasteiger partial charge in [-0.1, -0.05) is 54.6 Å². The summed E-state index contributed by atoms with van der Waals surface area (Å²) in [5, 5.41) is 16.3. The monoisotopic (exact) mass is 311 g/mol. The standard InChI is InChI=1S/C21H13NS/c22-14-17(21-10-5-11-23-21)13-20-18-8-3-1-6-15(18)12-16-7-2-4-9-19(16)20/h1-13H/b17-13+. The normalized spacial score (nSPS) is 11.7. The quantitative estimate of drug-likeness (QED) is 0.323. The molecule has 1 aromatic heterocycles. The van der Waals surface area contributed by atoms with E-state index in [9.17, 15) is 5.26 Å². The largest absolute Gasteiger partial charge is 0.192 e. The Morgan fingerprint density at radius 3 is 2.09 bits per heavy atom. The Labute approximate surface area is 138 Å². The summed E-state index contributed by atoms with van der Waals surface area (Å²) in [4.78, 5) is 1.00. The smallest absolute Gasteiger partial charge is 0.101 e. The van der Waals surface area contributed by atoms with Gasteiger partial charge in [0.1, 0.15) is 6.07 Å². The van der Waals surface area contributed by atoms with E-state index in [4.69, 9.17) is 0 Å². The number of hydrogen-bond acceptors (Lipinski definition) is 2. The third kappa shape index (κ3) is 2.42. The van der Waals surface area contributed by atoms with Crippen LogP contribution < -0.4 is 0 Å². The third-order valence-electron chi connectivity index (χ3n) is 4.01. The van der Waals surface area contributed by atoms with Crippen molar-refractivity contribution in [1.29, 1.82) is 5.26 Å². The zero-order valence-electron chi connectivity index (χ0n) is 12.4. The van der Waals surface area contributed by atoms with Crippen LogP contribution in [-0.2, 0) is 0 Å².